The summed E-state index contributed by atoms with van der Waals surface area (Å²) in [6.45, 7) is -0.0845. The number of nitrogens with one attached hydrogen (secondary N) is 1. The number of aliphatic hydroxyl groups excluding tert-OH is 1. The second-order valence-electron chi connectivity index (χ2n) is 5.00. The number of aromatic nitrogens is 1. The smallest absolute Gasteiger partial charge is 0.411 e. The fourth-order valence-electron chi connectivity index (χ4n) is 2.16. The van der Waals surface area contributed by atoms with Crippen LogP contribution in [0, 0.1) is 0 Å². The standard InChI is InChI=1S/C13H17BrN2O5S/c14-9-7-12(11(1-4-17)15-8-9)16-13(18)21-10-2-5-22(19,20)6-3-10/h7-8,10,17H,1-6H2,(H,16,18). The van der Waals surface area contributed by atoms with Gasteiger partial charge in [0.05, 0.1) is 22.9 Å². The minimum atomic E-state index is -2.99. The highest BCUT2D eigenvalue weighted by Gasteiger charge is 2.26. The molecule has 1 saturated heterocycles. The number of ether oxygens (including phenoxy) is 1. The van der Waals surface area contributed by atoms with Gasteiger partial charge in [-0.2, -0.15) is 0 Å². The first-order valence-corrected chi connectivity index (χ1v) is 9.44. The Kier molecular flexibility index (Phi) is 5.76. The number of nitrogens with zero attached hydrogens (tertiary/aromatic N) is 1. The van der Waals surface area contributed by atoms with Crippen molar-refractivity contribution in [2.45, 2.75) is 25.4 Å². The Balaban J connectivity index is 1.96. The monoisotopic (exact) mass is 392 g/mol. The summed E-state index contributed by atoms with van der Waals surface area (Å²) >= 11 is 3.26. The molecule has 0 aromatic carbocycles. The molecule has 22 heavy (non-hydrogen) atoms. The van der Waals surface area contributed by atoms with Gasteiger partial charge in [0.2, 0.25) is 0 Å². The van der Waals surface area contributed by atoms with E-state index in [0.717, 1.165) is 0 Å². The molecule has 0 atom stereocenters. The minimum absolute atomic E-state index is 0.0408. The van der Waals surface area contributed by atoms with Gasteiger partial charge in [0.15, 0.2) is 9.84 Å². The number of carbonyl (C=O) groups excluding carboxylic acids is 1. The van der Waals surface area contributed by atoms with Crippen molar-refractivity contribution in [2.24, 2.45) is 0 Å². The summed E-state index contributed by atoms with van der Waals surface area (Å²) < 4.78 is 28.6. The third kappa shape index (κ3) is 4.92. The number of aliphatic hydroxyl groups is 1. The molecular weight excluding hydrogens is 376 g/mol. The van der Waals surface area contributed by atoms with Crippen LogP contribution in [0.4, 0.5) is 10.5 Å². The van der Waals surface area contributed by atoms with Gasteiger partial charge in [0, 0.05) is 23.7 Å². The number of rotatable bonds is 4. The van der Waals surface area contributed by atoms with E-state index < -0.39 is 22.0 Å². The van der Waals surface area contributed by atoms with Crippen LogP contribution in [0.3, 0.4) is 0 Å². The third-order valence-electron chi connectivity index (χ3n) is 3.30. The van der Waals surface area contributed by atoms with E-state index in [-0.39, 0.29) is 18.1 Å². The zero-order valence-electron chi connectivity index (χ0n) is 11.8. The lowest BCUT2D eigenvalue weighted by atomic mass is 10.2. The normalized spacial score (nSPS) is 17.9. The molecule has 0 aliphatic carbocycles. The molecule has 0 radical (unpaired) electrons. The van der Waals surface area contributed by atoms with E-state index in [0.29, 0.717) is 35.1 Å². The Morgan fingerprint density at radius 2 is 2.14 bits per heavy atom. The van der Waals surface area contributed by atoms with Gasteiger partial charge in [-0.15, -0.1) is 0 Å². The Morgan fingerprint density at radius 1 is 1.45 bits per heavy atom. The lowest BCUT2D eigenvalue weighted by molar-refractivity contribution is 0.104. The van der Waals surface area contributed by atoms with E-state index >= 15 is 0 Å². The largest absolute Gasteiger partial charge is 0.446 e. The average molecular weight is 393 g/mol. The van der Waals surface area contributed by atoms with Gasteiger partial charge < -0.3 is 9.84 Å². The summed E-state index contributed by atoms with van der Waals surface area (Å²) in [6, 6.07) is 1.67. The Hall–Kier alpha value is -1.19. The SMILES string of the molecule is O=C(Nc1cc(Br)cnc1CCO)OC1CCS(=O)(=O)CC1. The van der Waals surface area contributed by atoms with E-state index in [1.165, 1.54) is 0 Å². The molecule has 1 aromatic rings. The fourth-order valence-corrected chi connectivity index (χ4v) is 3.94. The van der Waals surface area contributed by atoms with Crippen LogP contribution < -0.4 is 5.32 Å². The van der Waals surface area contributed by atoms with Crippen LogP contribution >= 0.6 is 15.9 Å². The predicted molar refractivity (Wildman–Crippen MR) is 84.5 cm³/mol. The van der Waals surface area contributed by atoms with Gasteiger partial charge in [-0.1, -0.05) is 0 Å². The van der Waals surface area contributed by atoms with Crippen LogP contribution in [0.2, 0.25) is 0 Å². The van der Waals surface area contributed by atoms with E-state index in [1.807, 2.05) is 0 Å². The number of hydrogen-bond acceptors (Lipinski definition) is 6. The molecule has 1 fully saturated rings. The molecular formula is C13H17BrN2O5S. The van der Waals surface area contributed by atoms with Crippen molar-refractivity contribution in [3.63, 3.8) is 0 Å². The summed E-state index contributed by atoms with van der Waals surface area (Å²) in [6.07, 6.45) is 1.47. The molecule has 1 amide bonds. The van der Waals surface area contributed by atoms with Crippen LogP contribution in [0.15, 0.2) is 16.7 Å². The van der Waals surface area contributed by atoms with Crippen molar-refractivity contribution in [3.05, 3.63) is 22.4 Å². The summed E-state index contributed by atoms with van der Waals surface area (Å²) in [4.78, 5) is 16.1. The number of hydrogen-bond donors (Lipinski definition) is 2. The molecule has 1 aromatic heterocycles. The molecule has 2 rings (SSSR count). The maximum atomic E-state index is 11.9. The Morgan fingerprint density at radius 3 is 2.77 bits per heavy atom. The van der Waals surface area contributed by atoms with Crippen molar-refractivity contribution in [1.29, 1.82) is 0 Å². The average Bonchev–Trinajstić information content (AvgIpc) is 2.44. The lowest BCUT2D eigenvalue weighted by Gasteiger charge is -2.22. The summed E-state index contributed by atoms with van der Waals surface area (Å²) in [5.41, 5.74) is 1.01. The number of pyridine rings is 1. The van der Waals surface area contributed by atoms with Gasteiger partial charge in [-0.3, -0.25) is 10.3 Å². The highest BCUT2D eigenvalue weighted by molar-refractivity contribution is 9.10. The van der Waals surface area contributed by atoms with E-state index in [2.05, 4.69) is 26.2 Å². The van der Waals surface area contributed by atoms with Crippen molar-refractivity contribution < 1.29 is 23.1 Å². The second kappa shape index (κ2) is 7.38. The van der Waals surface area contributed by atoms with Crippen molar-refractivity contribution in [3.8, 4) is 0 Å². The summed E-state index contributed by atoms with van der Waals surface area (Å²) in [7, 11) is -2.99. The molecule has 122 valence electrons. The highest BCUT2D eigenvalue weighted by atomic mass is 79.9. The summed E-state index contributed by atoms with van der Waals surface area (Å²) in [5, 5.41) is 11.6. The quantitative estimate of drug-likeness (QED) is 0.803. The van der Waals surface area contributed by atoms with Crippen LogP contribution in [-0.2, 0) is 21.0 Å². The topological polar surface area (TPSA) is 106 Å². The van der Waals surface area contributed by atoms with Crippen molar-refractivity contribution in [1.82, 2.24) is 4.98 Å². The molecule has 9 heteroatoms. The number of anilines is 1. The van der Waals surface area contributed by atoms with Gasteiger partial charge >= 0.3 is 6.09 Å². The van der Waals surface area contributed by atoms with Crippen LogP contribution in [0.25, 0.3) is 0 Å². The number of amides is 1. The van der Waals surface area contributed by atoms with Gasteiger partial charge in [-0.05, 0) is 34.8 Å². The predicted octanol–water partition coefficient (Wildman–Crippen LogP) is 1.50. The minimum Gasteiger partial charge on any atom is -0.446 e. The molecule has 2 N–H and O–H groups in total. The lowest BCUT2D eigenvalue weighted by Crippen LogP contribution is -2.32. The maximum absolute atomic E-state index is 11.9. The molecule has 1 aliphatic heterocycles. The second-order valence-corrected chi connectivity index (χ2v) is 8.22. The number of sulfone groups is 1. The molecule has 7 nitrogen and oxygen atoms in total. The molecule has 0 spiro atoms. The van der Waals surface area contributed by atoms with Crippen LogP contribution in [-0.4, -0.2) is 48.8 Å². The maximum Gasteiger partial charge on any atom is 0.411 e. The Labute approximate surface area is 137 Å². The third-order valence-corrected chi connectivity index (χ3v) is 5.45. The molecule has 0 bridgehead atoms. The zero-order chi connectivity index (χ0) is 16.2. The van der Waals surface area contributed by atoms with E-state index in [1.54, 1.807) is 12.3 Å². The molecule has 2 heterocycles. The van der Waals surface area contributed by atoms with Gasteiger partial charge in [0.25, 0.3) is 0 Å². The first-order valence-electron chi connectivity index (χ1n) is 6.83. The van der Waals surface area contributed by atoms with Crippen molar-refractivity contribution >= 4 is 37.5 Å². The number of halogens is 1. The molecule has 1 aliphatic rings. The Bertz CT molecular complexity index is 636. The molecule has 0 unspecified atom stereocenters. The fraction of sp³-hybridized carbons (Fsp3) is 0.538. The zero-order valence-corrected chi connectivity index (χ0v) is 14.2. The van der Waals surface area contributed by atoms with E-state index in [9.17, 15) is 13.2 Å². The highest BCUT2D eigenvalue weighted by Crippen LogP contribution is 2.21. The van der Waals surface area contributed by atoms with Crippen LogP contribution in [0.1, 0.15) is 18.5 Å². The summed E-state index contributed by atoms with van der Waals surface area (Å²) in [5.74, 6) is 0.0816. The number of carbonyl (C=O) groups is 1. The van der Waals surface area contributed by atoms with Gasteiger partial charge in [-0.25, -0.2) is 13.2 Å². The molecule has 0 saturated carbocycles. The van der Waals surface area contributed by atoms with Gasteiger partial charge in [0.1, 0.15) is 6.10 Å². The van der Waals surface area contributed by atoms with Crippen LogP contribution in [0.5, 0.6) is 0 Å². The first-order chi connectivity index (χ1) is 10.4. The first kappa shape index (κ1) is 17.2. The van der Waals surface area contributed by atoms with E-state index in [4.69, 9.17) is 9.84 Å². The van der Waals surface area contributed by atoms with Crippen molar-refractivity contribution in [2.75, 3.05) is 23.4 Å².